The van der Waals surface area contributed by atoms with Crippen LogP contribution >= 0.6 is 0 Å². The third-order valence-electron chi connectivity index (χ3n) is 3.15. The van der Waals surface area contributed by atoms with Crippen molar-refractivity contribution in [3.8, 4) is 0 Å². The van der Waals surface area contributed by atoms with Gasteiger partial charge in [0, 0.05) is 25.0 Å². The number of hydrogen-bond donors (Lipinski definition) is 2. The molecule has 122 valence electrons. The minimum atomic E-state index is -0.381. The summed E-state index contributed by atoms with van der Waals surface area (Å²) in [6.45, 7) is 2.18. The SMILES string of the molecule is Cc1cc(NC(=O)c2cnc(NCc3ccc(F)cc3)nc2)no1. The van der Waals surface area contributed by atoms with Crippen molar-refractivity contribution in [3.05, 3.63) is 65.4 Å². The van der Waals surface area contributed by atoms with Crippen LogP contribution in [0.25, 0.3) is 0 Å². The van der Waals surface area contributed by atoms with Crippen LogP contribution < -0.4 is 10.6 Å². The Bertz CT molecular complexity index is 830. The van der Waals surface area contributed by atoms with Gasteiger partial charge in [0.25, 0.3) is 5.91 Å². The normalized spacial score (nSPS) is 10.4. The van der Waals surface area contributed by atoms with Gasteiger partial charge in [-0.05, 0) is 24.6 Å². The Morgan fingerprint density at radius 2 is 1.92 bits per heavy atom. The lowest BCUT2D eigenvalue weighted by atomic mass is 10.2. The van der Waals surface area contributed by atoms with Crippen molar-refractivity contribution in [1.82, 2.24) is 15.1 Å². The number of nitrogens with one attached hydrogen (secondary N) is 2. The summed E-state index contributed by atoms with van der Waals surface area (Å²) in [6.07, 6.45) is 2.81. The third-order valence-corrected chi connectivity index (χ3v) is 3.15. The molecule has 0 saturated carbocycles. The second kappa shape index (κ2) is 6.86. The Labute approximate surface area is 136 Å². The Morgan fingerprint density at radius 3 is 2.54 bits per heavy atom. The van der Waals surface area contributed by atoms with Crippen molar-refractivity contribution in [1.29, 1.82) is 0 Å². The fraction of sp³-hybridized carbons (Fsp3) is 0.125. The van der Waals surface area contributed by atoms with Gasteiger partial charge in [0.15, 0.2) is 5.82 Å². The van der Waals surface area contributed by atoms with E-state index in [9.17, 15) is 9.18 Å². The molecular formula is C16H14FN5O2. The molecule has 0 bridgehead atoms. The lowest BCUT2D eigenvalue weighted by molar-refractivity contribution is 0.102. The Morgan fingerprint density at radius 1 is 1.21 bits per heavy atom. The number of carbonyl (C=O) groups excluding carboxylic acids is 1. The first-order valence-corrected chi connectivity index (χ1v) is 7.15. The number of benzene rings is 1. The highest BCUT2D eigenvalue weighted by Gasteiger charge is 2.10. The molecule has 2 heterocycles. The first-order valence-electron chi connectivity index (χ1n) is 7.15. The largest absolute Gasteiger partial charge is 0.360 e. The highest BCUT2D eigenvalue weighted by molar-refractivity contribution is 6.03. The van der Waals surface area contributed by atoms with Crippen molar-refractivity contribution < 1.29 is 13.7 Å². The van der Waals surface area contributed by atoms with Crippen molar-refractivity contribution in [3.63, 3.8) is 0 Å². The van der Waals surface area contributed by atoms with E-state index in [0.717, 1.165) is 5.56 Å². The molecule has 1 amide bonds. The molecule has 0 aliphatic rings. The van der Waals surface area contributed by atoms with Crippen LogP contribution in [0.1, 0.15) is 21.7 Å². The smallest absolute Gasteiger partial charge is 0.260 e. The van der Waals surface area contributed by atoms with E-state index >= 15 is 0 Å². The van der Waals surface area contributed by atoms with Gasteiger partial charge in [-0.1, -0.05) is 17.3 Å². The number of aryl methyl sites for hydroxylation is 1. The molecule has 2 N–H and O–H groups in total. The summed E-state index contributed by atoms with van der Waals surface area (Å²) < 4.78 is 17.7. The minimum Gasteiger partial charge on any atom is -0.360 e. The van der Waals surface area contributed by atoms with Crippen LogP contribution in [0.15, 0.2) is 47.2 Å². The van der Waals surface area contributed by atoms with Crippen molar-refractivity contribution >= 4 is 17.7 Å². The number of amides is 1. The lowest BCUT2D eigenvalue weighted by Crippen LogP contribution is -2.13. The highest BCUT2D eigenvalue weighted by Crippen LogP contribution is 2.10. The molecule has 24 heavy (non-hydrogen) atoms. The van der Waals surface area contributed by atoms with Gasteiger partial charge in [-0.3, -0.25) is 4.79 Å². The fourth-order valence-corrected chi connectivity index (χ4v) is 1.93. The topological polar surface area (TPSA) is 92.9 Å². The minimum absolute atomic E-state index is 0.285. The molecular weight excluding hydrogens is 313 g/mol. The van der Waals surface area contributed by atoms with Crippen molar-refractivity contribution in [2.24, 2.45) is 0 Å². The van der Waals surface area contributed by atoms with Crippen molar-refractivity contribution in [2.75, 3.05) is 10.6 Å². The fourth-order valence-electron chi connectivity index (χ4n) is 1.93. The van der Waals surface area contributed by atoms with E-state index < -0.39 is 0 Å². The van der Waals surface area contributed by atoms with Crippen LogP contribution in [0.3, 0.4) is 0 Å². The number of anilines is 2. The maximum absolute atomic E-state index is 12.8. The summed E-state index contributed by atoms with van der Waals surface area (Å²) in [5.74, 6) is 0.632. The molecule has 1 aromatic carbocycles. The second-order valence-electron chi connectivity index (χ2n) is 5.05. The molecule has 0 unspecified atom stereocenters. The number of halogens is 1. The van der Waals surface area contributed by atoms with E-state index in [1.165, 1.54) is 24.5 Å². The first kappa shape index (κ1) is 15.6. The summed E-state index contributed by atoms with van der Waals surface area (Å²) in [5.41, 5.74) is 1.19. The first-order chi connectivity index (χ1) is 11.6. The van der Waals surface area contributed by atoms with Gasteiger partial charge in [0.05, 0.1) is 5.56 Å². The van der Waals surface area contributed by atoms with Crippen molar-refractivity contribution in [2.45, 2.75) is 13.5 Å². The summed E-state index contributed by atoms with van der Waals surface area (Å²) >= 11 is 0. The van der Waals surface area contributed by atoms with Crippen LogP contribution in [-0.2, 0) is 6.54 Å². The molecule has 8 heteroatoms. The number of rotatable bonds is 5. The van der Waals surface area contributed by atoms with E-state index in [1.54, 1.807) is 25.1 Å². The van der Waals surface area contributed by atoms with E-state index in [-0.39, 0.29) is 11.7 Å². The zero-order valence-corrected chi connectivity index (χ0v) is 12.8. The van der Waals surface area contributed by atoms with E-state index in [1.807, 2.05) is 0 Å². The number of carbonyl (C=O) groups is 1. The average Bonchev–Trinajstić information content (AvgIpc) is 2.99. The second-order valence-corrected chi connectivity index (χ2v) is 5.05. The molecule has 3 aromatic rings. The highest BCUT2D eigenvalue weighted by atomic mass is 19.1. The molecule has 0 fully saturated rings. The van der Waals surface area contributed by atoms with Crippen LogP contribution in [0.5, 0.6) is 0 Å². The Kier molecular flexibility index (Phi) is 4.46. The predicted molar refractivity (Wildman–Crippen MR) is 85.0 cm³/mol. The molecule has 3 rings (SSSR count). The maximum atomic E-state index is 12.8. The maximum Gasteiger partial charge on any atom is 0.260 e. The Hall–Kier alpha value is -3.29. The molecule has 0 saturated heterocycles. The lowest BCUT2D eigenvalue weighted by Gasteiger charge is -2.05. The zero-order valence-electron chi connectivity index (χ0n) is 12.8. The predicted octanol–water partition coefficient (Wildman–Crippen LogP) is 2.78. The summed E-state index contributed by atoms with van der Waals surface area (Å²) in [6, 6.07) is 7.72. The Balaban J connectivity index is 1.58. The molecule has 0 atom stereocenters. The molecule has 0 aliphatic carbocycles. The molecule has 7 nitrogen and oxygen atoms in total. The molecule has 2 aromatic heterocycles. The van der Waals surface area contributed by atoms with Crippen LogP contribution in [-0.4, -0.2) is 21.0 Å². The van der Waals surface area contributed by atoms with E-state index in [4.69, 9.17) is 4.52 Å². The molecule has 0 aliphatic heterocycles. The number of aromatic nitrogens is 3. The van der Waals surface area contributed by atoms with Gasteiger partial charge < -0.3 is 15.2 Å². The van der Waals surface area contributed by atoms with E-state index in [0.29, 0.717) is 29.6 Å². The van der Waals surface area contributed by atoms with Crippen LogP contribution in [0.2, 0.25) is 0 Å². The van der Waals surface area contributed by atoms with Gasteiger partial charge in [-0.15, -0.1) is 0 Å². The standard InChI is InChI=1S/C16H14FN5O2/c1-10-6-14(22-24-10)21-15(23)12-8-19-16(20-9-12)18-7-11-2-4-13(17)5-3-11/h2-6,8-9H,7H2,1H3,(H,18,19,20)(H,21,22,23). The molecule has 0 radical (unpaired) electrons. The van der Waals surface area contributed by atoms with Crippen LogP contribution in [0, 0.1) is 12.7 Å². The van der Waals surface area contributed by atoms with E-state index in [2.05, 4.69) is 25.8 Å². The monoisotopic (exact) mass is 327 g/mol. The number of nitrogens with zero attached hydrogens (tertiary/aromatic N) is 3. The van der Waals surface area contributed by atoms with Crippen LogP contribution in [0.4, 0.5) is 16.2 Å². The van der Waals surface area contributed by atoms with Gasteiger partial charge in [0.2, 0.25) is 5.95 Å². The van der Waals surface area contributed by atoms with Gasteiger partial charge >= 0.3 is 0 Å². The molecule has 0 spiro atoms. The van der Waals surface area contributed by atoms with Gasteiger partial charge in [0.1, 0.15) is 11.6 Å². The average molecular weight is 327 g/mol. The third kappa shape index (κ3) is 3.92. The van der Waals surface area contributed by atoms with Gasteiger partial charge in [-0.25, -0.2) is 14.4 Å². The van der Waals surface area contributed by atoms with Gasteiger partial charge in [-0.2, -0.15) is 0 Å². The quantitative estimate of drug-likeness (QED) is 0.748. The summed E-state index contributed by atoms with van der Waals surface area (Å²) in [4.78, 5) is 20.2. The number of hydrogen-bond acceptors (Lipinski definition) is 6. The summed E-state index contributed by atoms with van der Waals surface area (Å²) in [5, 5.41) is 9.26. The summed E-state index contributed by atoms with van der Waals surface area (Å²) in [7, 11) is 0. The zero-order chi connectivity index (χ0) is 16.9.